The van der Waals surface area contributed by atoms with Crippen molar-refractivity contribution >= 4 is 11.8 Å². The highest BCUT2D eigenvalue weighted by atomic mass is 16.2. The lowest BCUT2D eigenvalue weighted by Gasteiger charge is -2.08. The van der Waals surface area contributed by atoms with E-state index in [1.54, 1.807) is 0 Å². The van der Waals surface area contributed by atoms with Crippen LogP contribution in [0.3, 0.4) is 0 Å². The van der Waals surface area contributed by atoms with E-state index in [-0.39, 0.29) is 12.3 Å². The number of nitrogens with one attached hydrogen (secondary N) is 1. The summed E-state index contributed by atoms with van der Waals surface area (Å²) < 4.78 is 0. The van der Waals surface area contributed by atoms with Gasteiger partial charge < -0.3 is 22.5 Å². The average Bonchev–Trinajstić information content (AvgIpc) is 2.17. The number of primary amides is 1. The molecule has 0 radical (unpaired) electrons. The zero-order valence-corrected chi connectivity index (χ0v) is 8.87. The van der Waals surface area contributed by atoms with E-state index >= 15 is 0 Å². The Bertz CT molecular complexity index is 208. The van der Waals surface area contributed by atoms with Crippen LogP contribution in [0, 0.1) is 0 Å². The molecule has 0 bridgehead atoms. The van der Waals surface area contributed by atoms with Gasteiger partial charge in [-0.25, -0.2) is 0 Å². The summed E-state index contributed by atoms with van der Waals surface area (Å²) >= 11 is 0. The summed E-state index contributed by atoms with van der Waals surface area (Å²) in [6.07, 6.45) is 2.77. The largest absolute Gasteiger partial charge is 0.368 e. The normalized spacial score (nSPS) is 12.1. The van der Waals surface area contributed by atoms with E-state index in [9.17, 15) is 9.59 Å². The number of unbranched alkanes of at least 4 members (excludes halogenated alkanes) is 2. The molecule has 0 aliphatic rings. The first-order chi connectivity index (χ1) is 7.07. The minimum Gasteiger partial charge on any atom is -0.368 e. The molecule has 0 aromatic carbocycles. The van der Waals surface area contributed by atoms with Gasteiger partial charge in [-0.3, -0.25) is 9.59 Å². The molecule has 0 spiro atoms. The third kappa shape index (κ3) is 7.90. The summed E-state index contributed by atoms with van der Waals surface area (Å²) in [5, 5.41) is 2.66. The van der Waals surface area contributed by atoms with Crippen LogP contribution in [0.5, 0.6) is 0 Å². The second-order valence-electron chi connectivity index (χ2n) is 3.41. The number of carbonyl (C=O) groups excluding carboxylic acids is 2. The van der Waals surface area contributed by atoms with Gasteiger partial charge in [-0.2, -0.15) is 0 Å². The number of rotatable bonds is 8. The molecule has 1 atom stereocenters. The molecule has 0 aliphatic carbocycles. The smallest absolute Gasteiger partial charge is 0.234 e. The number of hydrogen-bond donors (Lipinski definition) is 4. The first kappa shape index (κ1) is 13.9. The molecule has 6 heteroatoms. The SMILES string of the molecule is NCCCCCNC(=O)C[C@H](N)C(N)=O. The maximum Gasteiger partial charge on any atom is 0.234 e. The zero-order chi connectivity index (χ0) is 11.7. The van der Waals surface area contributed by atoms with Crippen molar-refractivity contribution in [2.45, 2.75) is 31.7 Å². The van der Waals surface area contributed by atoms with Crippen molar-refractivity contribution in [1.82, 2.24) is 5.32 Å². The van der Waals surface area contributed by atoms with Gasteiger partial charge in [-0.1, -0.05) is 6.42 Å². The van der Waals surface area contributed by atoms with Crippen molar-refractivity contribution in [3.8, 4) is 0 Å². The quantitative estimate of drug-likeness (QED) is 0.366. The molecule has 6 nitrogen and oxygen atoms in total. The molecule has 88 valence electrons. The maximum atomic E-state index is 11.2. The summed E-state index contributed by atoms with van der Waals surface area (Å²) in [7, 11) is 0. The number of nitrogens with two attached hydrogens (primary N) is 3. The second-order valence-corrected chi connectivity index (χ2v) is 3.41. The highest BCUT2D eigenvalue weighted by molar-refractivity contribution is 5.86. The molecule has 0 rings (SSSR count). The summed E-state index contributed by atoms with van der Waals surface area (Å²) in [5.74, 6) is -0.901. The molecule has 15 heavy (non-hydrogen) atoms. The monoisotopic (exact) mass is 216 g/mol. The lowest BCUT2D eigenvalue weighted by Crippen LogP contribution is -2.41. The van der Waals surface area contributed by atoms with E-state index in [0.717, 1.165) is 19.3 Å². The van der Waals surface area contributed by atoms with E-state index in [2.05, 4.69) is 5.32 Å². The van der Waals surface area contributed by atoms with Gasteiger partial charge in [0, 0.05) is 6.54 Å². The first-order valence-corrected chi connectivity index (χ1v) is 5.09. The Kier molecular flexibility index (Phi) is 7.57. The van der Waals surface area contributed by atoms with E-state index < -0.39 is 11.9 Å². The van der Waals surface area contributed by atoms with Gasteiger partial charge in [-0.15, -0.1) is 0 Å². The molecule has 0 aromatic rings. The van der Waals surface area contributed by atoms with Gasteiger partial charge in [0.25, 0.3) is 0 Å². The predicted octanol–water partition coefficient (Wildman–Crippen LogP) is -1.57. The Labute approximate surface area is 89.6 Å². The Hall–Kier alpha value is -1.14. The van der Waals surface area contributed by atoms with Gasteiger partial charge in [-0.05, 0) is 19.4 Å². The Balaban J connectivity index is 3.45. The van der Waals surface area contributed by atoms with Crippen molar-refractivity contribution in [3.05, 3.63) is 0 Å². The van der Waals surface area contributed by atoms with Crippen molar-refractivity contribution in [1.29, 1.82) is 0 Å². The van der Waals surface area contributed by atoms with Gasteiger partial charge in [0.1, 0.15) is 0 Å². The average molecular weight is 216 g/mol. The minimum atomic E-state index is -0.894. The topological polar surface area (TPSA) is 124 Å². The second kappa shape index (κ2) is 8.19. The highest BCUT2D eigenvalue weighted by Gasteiger charge is 2.13. The van der Waals surface area contributed by atoms with Crippen molar-refractivity contribution in [3.63, 3.8) is 0 Å². The summed E-state index contributed by atoms with van der Waals surface area (Å²) in [6.45, 7) is 1.25. The first-order valence-electron chi connectivity index (χ1n) is 5.09. The standard InChI is InChI=1S/C9H20N4O2/c10-4-2-1-3-5-13-8(14)6-7(11)9(12)15/h7H,1-6,10-11H2,(H2,12,15)(H,13,14)/t7-/m0/s1. The number of amides is 2. The fourth-order valence-corrected chi connectivity index (χ4v) is 1.05. The molecule has 0 heterocycles. The number of carbonyl (C=O) groups is 2. The molecule has 0 fully saturated rings. The van der Waals surface area contributed by atoms with Crippen molar-refractivity contribution in [2.75, 3.05) is 13.1 Å². The zero-order valence-electron chi connectivity index (χ0n) is 8.87. The van der Waals surface area contributed by atoms with Crippen LogP contribution in [0.15, 0.2) is 0 Å². The fraction of sp³-hybridized carbons (Fsp3) is 0.778. The molecular weight excluding hydrogens is 196 g/mol. The molecule has 0 aliphatic heterocycles. The van der Waals surface area contributed by atoms with Gasteiger partial charge in [0.2, 0.25) is 11.8 Å². The molecule has 7 N–H and O–H groups in total. The Morgan fingerprint density at radius 2 is 1.87 bits per heavy atom. The van der Waals surface area contributed by atoms with Crippen LogP contribution in [-0.4, -0.2) is 30.9 Å². The summed E-state index contributed by atoms with van der Waals surface area (Å²) in [6, 6.07) is -0.894. The van der Waals surface area contributed by atoms with Crippen LogP contribution in [0.4, 0.5) is 0 Å². The van der Waals surface area contributed by atoms with Crippen molar-refractivity contribution in [2.24, 2.45) is 17.2 Å². The summed E-state index contributed by atoms with van der Waals surface area (Å²) in [4.78, 5) is 21.7. The van der Waals surface area contributed by atoms with Gasteiger partial charge >= 0.3 is 0 Å². The van der Waals surface area contributed by atoms with Crippen LogP contribution in [-0.2, 0) is 9.59 Å². The van der Waals surface area contributed by atoms with Crippen LogP contribution in [0.2, 0.25) is 0 Å². The van der Waals surface area contributed by atoms with Crippen LogP contribution in [0.1, 0.15) is 25.7 Å². The fourth-order valence-electron chi connectivity index (χ4n) is 1.05. The third-order valence-corrected chi connectivity index (χ3v) is 1.97. The third-order valence-electron chi connectivity index (χ3n) is 1.97. The molecule has 0 saturated heterocycles. The predicted molar refractivity (Wildman–Crippen MR) is 57.7 cm³/mol. The van der Waals surface area contributed by atoms with E-state index in [1.807, 2.05) is 0 Å². The van der Waals surface area contributed by atoms with Gasteiger partial charge in [0.05, 0.1) is 12.5 Å². The molecule has 0 saturated carbocycles. The Morgan fingerprint density at radius 3 is 2.40 bits per heavy atom. The lowest BCUT2D eigenvalue weighted by molar-refractivity contribution is -0.126. The molecule has 0 aromatic heterocycles. The van der Waals surface area contributed by atoms with E-state index in [4.69, 9.17) is 17.2 Å². The lowest BCUT2D eigenvalue weighted by atomic mass is 10.2. The molecular formula is C9H20N4O2. The minimum absolute atomic E-state index is 0.0494. The Morgan fingerprint density at radius 1 is 1.20 bits per heavy atom. The summed E-state index contributed by atoms with van der Waals surface area (Å²) in [5.41, 5.74) is 15.6. The molecule has 2 amide bonds. The van der Waals surface area contributed by atoms with Crippen molar-refractivity contribution < 1.29 is 9.59 Å². The van der Waals surface area contributed by atoms with Gasteiger partial charge in [0.15, 0.2) is 0 Å². The van der Waals surface area contributed by atoms with Crippen LogP contribution < -0.4 is 22.5 Å². The maximum absolute atomic E-state index is 11.2. The number of hydrogen-bond acceptors (Lipinski definition) is 4. The van der Waals surface area contributed by atoms with E-state index in [0.29, 0.717) is 13.1 Å². The van der Waals surface area contributed by atoms with Crippen LogP contribution >= 0.6 is 0 Å². The highest BCUT2D eigenvalue weighted by Crippen LogP contribution is 1.92. The molecule has 0 unspecified atom stereocenters. The van der Waals surface area contributed by atoms with E-state index in [1.165, 1.54) is 0 Å². The van der Waals surface area contributed by atoms with Crippen LogP contribution in [0.25, 0.3) is 0 Å².